The van der Waals surface area contributed by atoms with Crippen molar-refractivity contribution in [2.45, 2.75) is 6.92 Å². The molecule has 5 heteroatoms. The molecule has 0 saturated carbocycles. The molecule has 0 atom stereocenters. The van der Waals surface area contributed by atoms with Gasteiger partial charge >= 0.3 is 47.5 Å². The number of hydrogen-bond acceptors (Lipinski definition) is 0. The Balaban J connectivity index is 2.40. The van der Waals surface area contributed by atoms with Crippen molar-refractivity contribution in [1.29, 1.82) is 0 Å². The Morgan fingerprint density at radius 3 is 2.57 bits per heavy atom. The van der Waals surface area contributed by atoms with Crippen LogP contribution in [0.1, 0.15) is 6.92 Å². The molecular weight excluding hydrogens is 78.1 g/mol. The maximum atomic E-state index is 2.35. The van der Waals surface area contributed by atoms with Gasteiger partial charge in [0.1, 0.15) is 0 Å². The van der Waals surface area contributed by atoms with Gasteiger partial charge in [-0.2, -0.15) is 0 Å². The zero-order chi connectivity index (χ0) is 5.11. The molecule has 0 aromatic heterocycles. The molecule has 0 aromatic carbocycles. The molecule has 1 heterocycles. The summed E-state index contributed by atoms with van der Waals surface area (Å²) in [6, 6.07) is 0. The van der Waals surface area contributed by atoms with E-state index in [0.29, 0.717) is 0 Å². The van der Waals surface area contributed by atoms with Crippen LogP contribution in [0.3, 0.4) is 0 Å². The molecule has 1 aliphatic heterocycles. The van der Waals surface area contributed by atoms with Gasteiger partial charge < -0.3 is 0 Å². The minimum atomic E-state index is 1.33. The predicted molar refractivity (Wildman–Crippen MR) is 45.0 cm³/mol. The zero-order valence-electron chi connectivity index (χ0n) is 4.91. The Morgan fingerprint density at radius 2 is 2.29 bits per heavy atom. The quantitative estimate of drug-likeness (QED) is 0.280. The average molecular weight is 85.1 g/mol. The summed E-state index contributed by atoms with van der Waals surface area (Å²) in [6.07, 6.45) is 0. The maximum absolute atomic E-state index is 2.35. The fourth-order valence-corrected chi connectivity index (χ4v) is 0.999. The van der Waals surface area contributed by atoms with E-state index in [1.807, 2.05) is 0 Å². The Hall–Kier alpha value is 0.195. The summed E-state index contributed by atoms with van der Waals surface area (Å²) in [4.78, 5) is 0. The third-order valence-electron chi connectivity index (χ3n) is 1.52. The zero-order valence-corrected chi connectivity index (χ0v) is 4.91. The van der Waals surface area contributed by atoms with Gasteiger partial charge in [0, 0.05) is 0 Å². The molecule has 0 spiro atoms. The van der Waals surface area contributed by atoms with E-state index < -0.39 is 0 Å². The second kappa shape index (κ2) is 2.49. The van der Waals surface area contributed by atoms with E-state index in [2.05, 4.69) is 13.7 Å². The van der Waals surface area contributed by atoms with Crippen molar-refractivity contribution >= 4 is 40.5 Å². The third-order valence-corrected chi connectivity index (χ3v) is 1.52. The second-order valence-electron chi connectivity index (χ2n) is 2.30. The first-order valence-electron chi connectivity index (χ1n) is 3.05. The summed E-state index contributed by atoms with van der Waals surface area (Å²) in [5.41, 5.74) is 0. The topological polar surface area (TPSA) is 0 Å². The van der Waals surface area contributed by atoms with E-state index in [1.54, 1.807) is 5.36 Å². The summed E-state index contributed by atoms with van der Waals surface area (Å²) < 4.78 is 0. The molecule has 7 heavy (non-hydrogen) atoms. The monoisotopic (exact) mass is 86.1 g/mol. The van der Waals surface area contributed by atoms with Crippen molar-refractivity contribution in [3.8, 4) is 0 Å². The molecule has 0 radical (unpaired) electrons. The molecular formula is C2H7B5. The van der Waals surface area contributed by atoms with E-state index in [9.17, 15) is 0 Å². The SMILES string of the molecule is CC1=BBBBB1. The van der Waals surface area contributed by atoms with Crippen molar-refractivity contribution < 1.29 is 0 Å². The Kier molecular flexibility index (Phi) is 1.90. The van der Waals surface area contributed by atoms with Gasteiger partial charge in [-0.3, -0.25) is 0 Å². The van der Waals surface area contributed by atoms with Crippen LogP contribution in [0, 0.1) is 0 Å². The fraction of sp³-hybridized carbons (Fsp3) is 0.500. The first-order valence-corrected chi connectivity index (χ1v) is 3.05. The average Bonchev–Trinajstić information content (AvgIpc) is 1.69. The van der Waals surface area contributed by atoms with Crippen LogP contribution in [0.5, 0.6) is 0 Å². The van der Waals surface area contributed by atoms with Gasteiger partial charge in [0.25, 0.3) is 0 Å². The molecule has 0 bridgehead atoms. The first kappa shape index (κ1) is 5.33. The van der Waals surface area contributed by atoms with Crippen LogP contribution in [0.2, 0.25) is 0 Å². The molecule has 1 aliphatic rings. The van der Waals surface area contributed by atoms with Gasteiger partial charge in [0.2, 0.25) is 0 Å². The van der Waals surface area contributed by atoms with E-state index in [0.717, 1.165) is 0 Å². The van der Waals surface area contributed by atoms with E-state index in [1.165, 1.54) is 28.4 Å². The van der Waals surface area contributed by atoms with Crippen LogP contribution in [-0.4, -0.2) is 40.5 Å². The van der Waals surface area contributed by atoms with Crippen LogP contribution in [0.15, 0.2) is 0 Å². The minimum absolute atomic E-state index is 1.33. The van der Waals surface area contributed by atoms with Crippen molar-refractivity contribution in [1.82, 2.24) is 0 Å². The Morgan fingerprint density at radius 1 is 1.43 bits per heavy atom. The molecule has 0 saturated heterocycles. The molecule has 0 unspecified atom stereocenters. The summed E-state index contributed by atoms with van der Waals surface area (Å²) in [6.45, 7) is 4.57. The molecule has 0 fully saturated rings. The van der Waals surface area contributed by atoms with Gasteiger partial charge in [-0.05, 0) is 0 Å². The number of rotatable bonds is 0. The van der Waals surface area contributed by atoms with Crippen molar-refractivity contribution in [3.63, 3.8) is 0 Å². The summed E-state index contributed by atoms with van der Waals surface area (Å²) in [5.74, 6) is 0. The van der Waals surface area contributed by atoms with Gasteiger partial charge in [0.15, 0.2) is 0 Å². The first-order chi connectivity index (χ1) is 3.39. The van der Waals surface area contributed by atoms with Gasteiger partial charge in [-0.25, -0.2) is 0 Å². The fourth-order valence-electron chi connectivity index (χ4n) is 0.999. The molecule has 30 valence electrons. The molecule has 0 amide bonds. The third kappa shape index (κ3) is 1.62. The molecule has 0 nitrogen and oxygen atoms in total. The normalized spacial score (nSPS) is 15.9. The molecule has 1 rings (SSSR count). The van der Waals surface area contributed by atoms with Crippen LogP contribution in [0.4, 0.5) is 0 Å². The van der Waals surface area contributed by atoms with Crippen LogP contribution >= 0.6 is 0 Å². The van der Waals surface area contributed by atoms with E-state index in [4.69, 9.17) is 0 Å². The Labute approximate surface area is 48.3 Å². The van der Waals surface area contributed by atoms with Crippen LogP contribution < -0.4 is 0 Å². The summed E-state index contributed by atoms with van der Waals surface area (Å²) in [5, 5.41) is 1.59. The van der Waals surface area contributed by atoms with E-state index >= 15 is 0 Å². The standard InChI is InChI=1S/C2H7B5/c1-2-3-5-7-6-4-2/h3,5-7H,1H3. The van der Waals surface area contributed by atoms with Crippen LogP contribution in [-0.2, 0) is 0 Å². The van der Waals surface area contributed by atoms with Crippen molar-refractivity contribution in [2.75, 3.05) is 0 Å². The van der Waals surface area contributed by atoms with Gasteiger partial charge in [-0.1, -0.05) is 0 Å². The van der Waals surface area contributed by atoms with Crippen molar-refractivity contribution in [2.24, 2.45) is 0 Å². The molecule has 0 aliphatic carbocycles. The van der Waals surface area contributed by atoms with Crippen LogP contribution in [0.25, 0.3) is 0 Å². The summed E-state index contributed by atoms with van der Waals surface area (Å²) in [7, 11) is 5.51. The Bertz CT molecular complexity index is 86.1. The summed E-state index contributed by atoms with van der Waals surface area (Å²) >= 11 is 0. The van der Waals surface area contributed by atoms with Crippen molar-refractivity contribution in [3.05, 3.63) is 0 Å². The van der Waals surface area contributed by atoms with Gasteiger partial charge in [0.05, 0.1) is 0 Å². The molecule has 0 aromatic rings. The van der Waals surface area contributed by atoms with Gasteiger partial charge in [-0.15, -0.1) is 0 Å². The predicted octanol–water partition coefficient (Wildman–Crippen LogP) is -2.74. The number of hydrogen-bond donors (Lipinski definition) is 0. The van der Waals surface area contributed by atoms with E-state index in [-0.39, 0.29) is 0 Å². The molecule has 0 N–H and O–H groups in total. The second-order valence-corrected chi connectivity index (χ2v) is 2.30.